The molecule has 0 radical (unpaired) electrons. The van der Waals surface area contributed by atoms with Crippen LogP contribution in [0, 0.1) is 0 Å². The Hall–Kier alpha value is -1.73. The van der Waals surface area contributed by atoms with Crippen LogP contribution in [0.2, 0.25) is 0 Å². The molecular weight excluding hydrogens is 285 g/mol. The number of hydrogen-bond acceptors (Lipinski definition) is 5. The second-order valence-corrected chi connectivity index (χ2v) is 6.57. The zero-order chi connectivity index (χ0) is 16.1. The summed E-state index contributed by atoms with van der Waals surface area (Å²) < 4.78 is 22.8. The summed E-state index contributed by atoms with van der Waals surface area (Å²) in [5.41, 5.74) is 6.11. The zero-order valence-electron chi connectivity index (χ0n) is 13.3. The van der Waals surface area contributed by atoms with E-state index in [-0.39, 0.29) is 0 Å². The number of carbonyl (C=O) groups is 1. The molecule has 0 aromatic heterocycles. The number of primary amides is 1. The first-order valence-corrected chi connectivity index (χ1v) is 7.33. The molecule has 3 rings (SSSR count). The summed E-state index contributed by atoms with van der Waals surface area (Å²) in [6.07, 6.45) is -0.147. The molecule has 7 heteroatoms. The molecular formula is C15H20BNO5. The number of fused-ring (bicyclic) bond motifs is 1. The van der Waals surface area contributed by atoms with Crippen LogP contribution in [0.5, 0.6) is 11.5 Å². The van der Waals surface area contributed by atoms with Crippen LogP contribution >= 0.6 is 0 Å². The molecule has 0 bridgehead atoms. The van der Waals surface area contributed by atoms with Gasteiger partial charge in [0.2, 0.25) is 0 Å². The molecule has 1 aromatic rings. The average molecular weight is 305 g/mol. The number of nitrogens with two attached hydrogens (primary N) is 1. The summed E-state index contributed by atoms with van der Waals surface area (Å²) in [6, 6.07) is 3.50. The fourth-order valence-electron chi connectivity index (χ4n) is 2.67. The van der Waals surface area contributed by atoms with Crippen LogP contribution in [0.3, 0.4) is 0 Å². The summed E-state index contributed by atoms with van der Waals surface area (Å²) in [5, 5.41) is 0. The third kappa shape index (κ3) is 2.34. The van der Waals surface area contributed by atoms with Gasteiger partial charge in [0.15, 0.2) is 11.5 Å². The lowest BCUT2D eigenvalue weighted by atomic mass is 9.75. The normalized spacial score (nSPS) is 21.4. The number of carbonyl (C=O) groups excluding carboxylic acids is 1. The quantitative estimate of drug-likeness (QED) is 0.835. The molecule has 2 N–H and O–H groups in total. The maximum Gasteiger partial charge on any atom is 0.495 e. The van der Waals surface area contributed by atoms with Gasteiger partial charge in [0.25, 0.3) is 0 Å². The monoisotopic (exact) mass is 305 g/mol. The van der Waals surface area contributed by atoms with Crippen molar-refractivity contribution in [1.29, 1.82) is 0 Å². The van der Waals surface area contributed by atoms with E-state index >= 15 is 0 Å². The lowest BCUT2D eigenvalue weighted by Crippen LogP contribution is -2.41. The minimum absolute atomic E-state index is 0.334. The Morgan fingerprint density at radius 2 is 1.86 bits per heavy atom. The molecule has 0 aliphatic carbocycles. The molecule has 6 nitrogen and oxygen atoms in total. The Morgan fingerprint density at radius 3 is 2.45 bits per heavy atom. The SMILES string of the molecule is CC1(C)OB(c2ccc(OC(N)=O)c3c2CCO3)OC1(C)C. The highest BCUT2D eigenvalue weighted by atomic mass is 16.7. The average Bonchev–Trinajstić information content (AvgIpc) is 2.93. The van der Waals surface area contributed by atoms with Gasteiger partial charge < -0.3 is 24.5 Å². The molecule has 0 saturated carbocycles. The van der Waals surface area contributed by atoms with Crippen molar-refractivity contribution in [2.75, 3.05) is 6.61 Å². The maximum atomic E-state index is 11.0. The molecule has 1 aromatic carbocycles. The van der Waals surface area contributed by atoms with Crippen molar-refractivity contribution in [2.45, 2.75) is 45.3 Å². The predicted molar refractivity (Wildman–Crippen MR) is 81.6 cm³/mol. The second-order valence-electron chi connectivity index (χ2n) is 6.57. The Labute approximate surface area is 130 Å². The molecule has 0 spiro atoms. The maximum absolute atomic E-state index is 11.0. The second kappa shape index (κ2) is 4.89. The van der Waals surface area contributed by atoms with E-state index in [1.807, 2.05) is 33.8 Å². The number of hydrogen-bond donors (Lipinski definition) is 1. The van der Waals surface area contributed by atoms with Gasteiger partial charge in [0, 0.05) is 12.0 Å². The summed E-state index contributed by atoms with van der Waals surface area (Å²) in [6.45, 7) is 8.56. The van der Waals surface area contributed by atoms with Gasteiger partial charge in [-0.25, -0.2) is 4.79 Å². The van der Waals surface area contributed by atoms with Crippen molar-refractivity contribution in [3.05, 3.63) is 17.7 Å². The third-order valence-corrected chi connectivity index (χ3v) is 4.58. The van der Waals surface area contributed by atoms with Gasteiger partial charge in [-0.3, -0.25) is 0 Å². The summed E-state index contributed by atoms with van der Waals surface area (Å²) in [7, 11) is -0.469. The van der Waals surface area contributed by atoms with Gasteiger partial charge in [0.05, 0.1) is 17.8 Å². The van der Waals surface area contributed by atoms with Crippen LogP contribution in [-0.2, 0) is 15.7 Å². The Balaban J connectivity index is 1.97. The van der Waals surface area contributed by atoms with E-state index in [0.717, 1.165) is 11.0 Å². The Bertz CT molecular complexity index is 613. The van der Waals surface area contributed by atoms with Gasteiger partial charge in [-0.2, -0.15) is 0 Å². The zero-order valence-corrected chi connectivity index (χ0v) is 13.3. The summed E-state index contributed by atoms with van der Waals surface area (Å²) in [5.74, 6) is 0.881. The van der Waals surface area contributed by atoms with Crippen LogP contribution in [0.4, 0.5) is 4.79 Å². The molecule has 22 heavy (non-hydrogen) atoms. The number of ether oxygens (including phenoxy) is 2. The van der Waals surface area contributed by atoms with Crippen LogP contribution in [0.25, 0.3) is 0 Å². The lowest BCUT2D eigenvalue weighted by molar-refractivity contribution is 0.00578. The minimum Gasteiger partial charge on any atom is -0.489 e. The molecule has 1 amide bonds. The first kappa shape index (κ1) is 15.2. The van der Waals surface area contributed by atoms with E-state index in [9.17, 15) is 4.79 Å². The van der Waals surface area contributed by atoms with Crippen molar-refractivity contribution < 1.29 is 23.6 Å². The molecule has 0 atom stereocenters. The minimum atomic E-state index is -0.860. The largest absolute Gasteiger partial charge is 0.495 e. The number of amides is 1. The molecule has 2 aliphatic rings. The molecule has 118 valence electrons. The van der Waals surface area contributed by atoms with E-state index in [2.05, 4.69) is 0 Å². The summed E-state index contributed by atoms with van der Waals surface area (Å²) >= 11 is 0. The lowest BCUT2D eigenvalue weighted by Gasteiger charge is -2.32. The van der Waals surface area contributed by atoms with E-state index in [1.54, 1.807) is 6.07 Å². The van der Waals surface area contributed by atoms with Crippen LogP contribution in [-0.4, -0.2) is 31.0 Å². The molecule has 0 unspecified atom stereocenters. The fraction of sp³-hybridized carbons (Fsp3) is 0.533. The highest BCUT2D eigenvalue weighted by Crippen LogP contribution is 2.39. The van der Waals surface area contributed by atoms with E-state index in [0.29, 0.717) is 24.5 Å². The first-order valence-electron chi connectivity index (χ1n) is 7.33. The van der Waals surface area contributed by atoms with Gasteiger partial charge in [-0.1, -0.05) is 6.07 Å². The van der Waals surface area contributed by atoms with Crippen LogP contribution in [0.15, 0.2) is 12.1 Å². The third-order valence-electron chi connectivity index (χ3n) is 4.58. The van der Waals surface area contributed by atoms with Crippen molar-refractivity contribution in [1.82, 2.24) is 0 Å². The standard InChI is InChI=1S/C15H20BNO5/c1-14(2)15(3,4)22-16(21-14)10-5-6-11(20-13(17)18)12-9(10)7-8-19-12/h5-6H,7-8H2,1-4H3,(H2,17,18). The van der Waals surface area contributed by atoms with Crippen LogP contribution in [0.1, 0.15) is 33.3 Å². The molecule has 2 heterocycles. The summed E-state index contributed by atoms with van der Waals surface area (Å²) in [4.78, 5) is 11.0. The molecule has 1 fully saturated rings. The van der Waals surface area contributed by atoms with Crippen LogP contribution < -0.4 is 20.7 Å². The molecule has 2 aliphatic heterocycles. The number of benzene rings is 1. The van der Waals surface area contributed by atoms with Gasteiger partial charge >= 0.3 is 13.2 Å². The Kier molecular flexibility index (Phi) is 3.38. The van der Waals surface area contributed by atoms with Crippen molar-refractivity contribution in [2.24, 2.45) is 5.73 Å². The van der Waals surface area contributed by atoms with E-state index in [1.165, 1.54) is 0 Å². The van der Waals surface area contributed by atoms with Gasteiger partial charge in [-0.05, 0) is 39.2 Å². The van der Waals surface area contributed by atoms with Crippen molar-refractivity contribution in [3.8, 4) is 11.5 Å². The Morgan fingerprint density at radius 1 is 1.23 bits per heavy atom. The van der Waals surface area contributed by atoms with Gasteiger partial charge in [0.1, 0.15) is 0 Å². The van der Waals surface area contributed by atoms with Gasteiger partial charge in [-0.15, -0.1) is 0 Å². The first-order chi connectivity index (χ1) is 10.2. The molecule has 1 saturated heterocycles. The van der Waals surface area contributed by atoms with E-state index < -0.39 is 24.4 Å². The topological polar surface area (TPSA) is 80.0 Å². The van der Waals surface area contributed by atoms with Crippen molar-refractivity contribution >= 4 is 18.7 Å². The highest BCUT2D eigenvalue weighted by molar-refractivity contribution is 6.62. The highest BCUT2D eigenvalue weighted by Gasteiger charge is 2.52. The number of rotatable bonds is 2. The van der Waals surface area contributed by atoms with E-state index in [4.69, 9.17) is 24.5 Å². The smallest absolute Gasteiger partial charge is 0.489 e. The predicted octanol–water partition coefficient (Wildman–Crippen LogP) is 1.38. The van der Waals surface area contributed by atoms with Crippen molar-refractivity contribution in [3.63, 3.8) is 0 Å². The fourth-order valence-corrected chi connectivity index (χ4v) is 2.67.